The summed E-state index contributed by atoms with van der Waals surface area (Å²) < 4.78 is 10.9. The molecule has 0 saturated heterocycles. The summed E-state index contributed by atoms with van der Waals surface area (Å²) in [6, 6.07) is 0. The Kier molecular flexibility index (Phi) is 8.69. The second-order valence-corrected chi connectivity index (χ2v) is 0.833. The van der Waals surface area contributed by atoms with Crippen LogP contribution in [-0.2, 0) is 24.3 Å². The Morgan fingerprint density at radius 3 is 2.14 bits per heavy atom. The van der Waals surface area contributed by atoms with Crippen molar-refractivity contribution in [3.8, 4) is 0 Å². The summed E-state index contributed by atoms with van der Waals surface area (Å²) in [6.07, 6.45) is -0.375. The molecule has 4 heteroatoms. The second-order valence-electron chi connectivity index (χ2n) is 0.833. The number of alkyl halides is 1. The number of halogens is 1. The molecule has 0 fully saturated rings. The molecule has 7 heavy (non-hydrogen) atoms. The van der Waals surface area contributed by atoms with E-state index >= 15 is 0 Å². The normalized spacial score (nSPS) is 7.00. The van der Waals surface area contributed by atoms with Gasteiger partial charge in [-0.05, 0) is 0 Å². The molecule has 0 aromatic rings. The van der Waals surface area contributed by atoms with Crippen LogP contribution in [0.4, 0.5) is 4.39 Å². The minimum absolute atomic E-state index is 0. The zero-order valence-electron chi connectivity index (χ0n) is 3.85. The predicted molar refractivity (Wildman–Crippen MR) is 18.2 cm³/mol. The van der Waals surface area contributed by atoms with Gasteiger partial charge in [-0.25, -0.2) is 0 Å². The van der Waals surface area contributed by atoms with Crippen LogP contribution in [0.25, 0.3) is 0 Å². The van der Waals surface area contributed by atoms with Gasteiger partial charge in [-0.1, -0.05) is 0 Å². The number of aliphatic carboxylic acids is 1. The van der Waals surface area contributed by atoms with Crippen molar-refractivity contribution in [2.24, 2.45) is 0 Å². The van der Waals surface area contributed by atoms with E-state index < -0.39 is 12.6 Å². The van der Waals surface area contributed by atoms with Crippen LogP contribution in [0.3, 0.4) is 0 Å². The van der Waals surface area contributed by atoms with Crippen molar-refractivity contribution in [3.05, 3.63) is 0 Å². The summed E-state index contributed by atoms with van der Waals surface area (Å²) in [6.45, 7) is -0.769. The van der Waals surface area contributed by atoms with E-state index in [0.717, 1.165) is 0 Å². The summed E-state index contributed by atoms with van der Waals surface area (Å²) in [5, 5.41) is 7.67. The van der Waals surface area contributed by atoms with Crippen LogP contribution in [0.15, 0.2) is 0 Å². The molecule has 0 aromatic carbocycles. The average Bonchev–Trinajstić information content (AvgIpc) is 1.35. The molecule has 0 spiro atoms. The Morgan fingerprint density at radius 2 is 2.14 bits per heavy atom. The molecule has 0 aliphatic rings. The van der Waals surface area contributed by atoms with Gasteiger partial charge in [0.25, 0.3) is 0 Å². The Bertz CT molecular complexity index is 56.9. The molecule has 0 heterocycles. The van der Waals surface area contributed by atoms with E-state index in [0.29, 0.717) is 0 Å². The van der Waals surface area contributed by atoms with Crippen molar-refractivity contribution in [2.75, 3.05) is 6.67 Å². The van der Waals surface area contributed by atoms with Crippen molar-refractivity contribution in [1.82, 2.24) is 0 Å². The smallest absolute Gasteiger partial charge is 0.305 e. The molecule has 0 bridgehead atoms. The van der Waals surface area contributed by atoms with Gasteiger partial charge < -0.3 is 5.11 Å². The third-order valence-electron chi connectivity index (χ3n) is 0.308. The second kappa shape index (κ2) is 6.02. The van der Waals surface area contributed by atoms with Crippen LogP contribution >= 0.6 is 0 Å². The first-order valence-corrected chi connectivity index (χ1v) is 1.55. The van der Waals surface area contributed by atoms with E-state index in [-0.39, 0.29) is 25.9 Å². The maximum absolute atomic E-state index is 10.9. The molecule has 0 aliphatic heterocycles. The summed E-state index contributed by atoms with van der Waals surface area (Å²) >= 11 is 0. The number of rotatable bonds is 2. The van der Waals surface area contributed by atoms with Crippen molar-refractivity contribution < 1.29 is 33.8 Å². The first-order chi connectivity index (χ1) is 2.77. The Labute approximate surface area is 53.5 Å². The molecule has 0 saturated carbocycles. The van der Waals surface area contributed by atoms with Gasteiger partial charge in [0.2, 0.25) is 0 Å². The van der Waals surface area contributed by atoms with E-state index in [1.807, 2.05) is 0 Å². The zero-order chi connectivity index (χ0) is 4.99. The molecular weight excluding hydrogens is 152 g/mol. The van der Waals surface area contributed by atoms with Gasteiger partial charge in [-0.3, -0.25) is 9.18 Å². The maximum atomic E-state index is 10.9. The monoisotopic (exact) mass is 156 g/mol. The Balaban J connectivity index is 0. The van der Waals surface area contributed by atoms with E-state index in [2.05, 4.69) is 0 Å². The standard InChI is InChI=1S/C3H5FO2.Zn/c4-2-1-3(5)6;/h1-2H2,(H,5,6);. The van der Waals surface area contributed by atoms with Crippen molar-refractivity contribution in [2.45, 2.75) is 6.42 Å². The van der Waals surface area contributed by atoms with Gasteiger partial charge in [-0.2, -0.15) is 0 Å². The van der Waals surface area contributed by atoms with Crippen molar-refractivity contribution >= 4 is 5.97 Å². The third-order valence-corrected chi connectivity index (χ3v) is 0.308. The SMILES string of the molecule is O=C(O)CCF.[Zn]. The molecule has 1 N–H and O–H groups in total. The van der Waals surface area contributed by atoms with Crippen LogP contribution in [0, 0.1) is 0 Å². The first-order valence-electron chi connectivity index (χ1n) is 1.55. The average molecular weight is 157 g/mol. The fraction of sp³-hybridized carbons (Fsp3) is 0.667. The Morgan fingerprint density at radius 1 is 1.71 bits per heavy atom. The molecule has 0 unspecified atom stereocenters. The number of carbonyl (C=O) groups is 1. The molecular formula is C3H5FO2Zn. The van der Waals surface area contributed by atoms with E-state index in [9.17, 15) is 9.18 Å². The fourth-order valence-electron chi connectivity index (χ4n) is 0.0808. The van der Waals surface area contributed by atoms with Gasteiger partial charge in [0.1, 0.15) is 0 Å². The summed E-state index contributed by atoms with van der Waals surface area (Å²) in [4.78, 5) is 9.36. The molecule has 0 aromatic heterocycles. The molecule has 0 amide bonds. The van der Waals surface area contributed by atoms with Crippen molar-refractivity contribution in [1.29, 1.82) is 0 Å². The molecule has 0 atom stereocenters. The van der Waals surface area contributed by atoms with Crippen LogP contribution in [0.2, 0.25) is 0 Å². The van der Waals surface area contributed by atoms with Gasteiger partial charge in [-0.15, -0.1) is 0 Å². The number of hydrogen-bond donors (Lipinski definition) is 1. The first kappa shape index (κ1) is 10.1. The fourth-order valence-corrected chi connectivity index (χ4v) is 0.0808. The van der Waals surface area contributed by atoms with Crippen LogP contribution in [0.5, 0.6) is 0 Å². The molecule has 0 rings (SSSR count). The van der Waals surface area contributed by atoms with Gasteiger partial charge in [0.05, 0.1) is 13.1 Å². The van der Waals surface area contributed by atoms with Crippen molar-refractivity contribution in [3.63, 3.8) is 0 Å². The maximum Gasteiger partial charge on any atom is 0.305 e. The zero-order valence-corrected chi connectivity index (χ0v) is 6.82. The van der Waals surface area contributed by atoms with Gasteiger partial charge in [0.15, 0.2) is 0 Å². The number of hydrogen-bond acceptors (Lipinski definition) is 1. The van der Waals surface area contributed by atoms with Crippen LogP contribution in [-0.4, -0.2) is 17.8 Å². The molecule has 0 aliphatic carbocycles. The molecule has 2 nitrogen and oxygen atoms in total. The van der Waals surface area contributed by atoms with Crippen LogP contribution in [0.1, 0.15) is 6.42 Å². The van der Waals surface area contributed by atoms with Gasteiger partial charge >= 0.3 is 5.97 Å². The number of carboxylic acids is 1. The molecule has 0 radical (unpaired) electrons. The summed E-state index contributed by atoms with van der Waals surface area (Å²) in [5.41, 5.74) is 0. The van der Waals surface area contributed by atoms with E-state index in [1.165, 1.54) is 0 Å². The third kappa shape index (κ3) is 10.7. The van der Waals surface area contributed by atoms with E-state index in [4.69, 9.17) is 5.11 Å². The molecule has 38 valence electrons. The topological polar surface area (TPSA) is 37.3 Å². The number of carboxylic acid groups (broad SMARTS) is 1. The predicted octanol–water partition coefficient (Wildman–Crippen LogP) is 0.428. The quantitative estimate of drug-likeness (QED) is 0.590. The summed E-state index contributed by atoms with van der Waals surface area (Å²) in [7, 11) is 0. The largest absolute Gasteiger partial charge is 0.481 e. The van der Waals surface area contributed by atoms with Crippen LogP contribution < -0.4 is 0 Å². The minimum atomic E-state index is -1.09. The van der Waals surface area contributed by atoms with E-state index in [1.54, 1.807) is 0 Å². The summed E-state index contributed by atoms with van der Waals surface area (Å²) in [5.74, 6) is -1.09. The minimum Gasteiger partial charge on any atom is -0.481 e. The van der Waals surface area contributed by atoms with Gasteiger partial charge in [0, 0.05) is 19.5 Å². The Hall–Kier alpha value is 0.0234.